The Balaban J connectivity index is 1.43. The highest BCUT2D eigenvalue weighted by Gasteiger charge is 2.26. The molecule has 226 valence electrons. The first-order valence-electron chi connectivity index (χ1n) is 14.7. The van der Waals surface area contributed by atoms with Crippen LogP contribution in [0.2, 0.25) is 0 Å². The molecule has 1 aliphatic rings. The molecule has 43 heavy (non-hydrogen) atoms. The van der Waals surface area contributed by atoms with Crippen molar-refractivity contribution in [3.05, 3.63) is 89.4 Å². The fraction of sp³-hybridized carbons (Fsp3) is 0.364. The molecular formula is C33H39N5O5. The lowest BCUT2D eigenvalue weighted by Gasteiger charge is -2.25. The average Bonchev–Trinajstić information content (AvgIpc) is 3.34. The second-order valence-corrected chi connectivity index (χ2v) is 10.9. The summed E-state index contributed by atoms with van der Waals surface area (Å²) in [5.74, 6) is 0.552. The number of methoxy groups -OCH3 is 1. The predicted molar refractivity (Wildman–Crippen MR) is 164 cm³/mol. The van der Waals surface area contributed by atoms with Crippen molar-refractivity contribution in [1.82, 2.24) is 25.5 Å². The molecule has 0 saturated carbocycles. The number of rotatable bonds is 4. The van der Waals surface area contributed by atoms with Crippen molar-refractivity contribution >= 4 is 22.7 Å². The van der Waals surface area contributed by atoms with E-state index in [0.29, 0.717) is 57.0 Å². The number of amides is 2. The first-order chi connectivity index (χ1) is 20.9. The summed E-state index contributed by atoms with van der Waals surface area (Å²) in [6.07, 6.45) is 4.27. The summed E-state index contributed by atoms with van der Waals surface area (Å²) in [5.41, 5.74) is 5.21. The lowest BCUT2D eigenvalue weighted by molar-refractivity contribution is -0.132. The van der Waals surface area contributed by atoms with Gasteiger partial charge in [0.2, 0.25) is 11.8 Å². The Hall–Kier alpha value is -4.41. The summed E-state index contributed by atoms with van der Waals surface area (Å²) in [7, 11) is 1.63. The number of nitrogens with one attached hydrogen (secondary N) is 3. The van der Waals surface area contributed by atoms with Crippen LogP contribution in [-0.4, -0.2) is 77.3 Å². The van der Waals surface area contributed by atoms with E-state index in [9.17, 15) is 14.7 Å². The molecule has 0 radical (unpaired) electrons. The predicted octanol–water partition coefficient (Wildman–Crippen LogP) is 2.97. The van der Waals surface area contributed by atoms with Crippen LogP contribution in [-0.2, 0) is 29.0 Å². The fourth-order valence-corrected chi connectivity index (χ4v) is 5.52. The number of carbonyl (C=O) groups is 2. The molecule has 0 aliphatic carbocycles. The topological polar surface area (TPSA) is 129 Å². The van der Waals surface area contributed by atoms with Gasteiger partial charge in [-0.25, -0.2) is 0 Å². The van der Waals surface area contributed by atoms with Crippen LogP contribution in [0.5, 0.6) is 11.5 Å². The number of nitrogens with zero attached hydrogens (tertiary/aromatic N) is 2. The summed E-state index contributed by atoms with van der Waals surface area (Å²) < 4.78 is 11.8. The number of pyridine rings is 1. The zero-order chi connectivity index (χ0) is 30.2. The molecule has 5 rings (SSSR count). The SMILES string of the molecule is COc1ccc2cc1OCCCN(Cc1cccnc1)CC(=O)N[C@@H]([C@@H](C)O)C(=O)NCCc1c([nH]c3ccccc13)C2. The van der Waals surface area contributed by atoms with Gasteiger partial charge in [-0.05, 0) is 60.7 Å². The van der Waals surface area contributed by atoms with Gasteiger partial charge in [0.05, 0.1) is 26.4 Å². The number of aromatic nitrogens is 2. The van der Waals surface area contributed by atoms with Gasteiger partial charge in [-0.2, -0.15) is 0 Å². The average molecular weight is 586 g/mol. The van der Waals surface area contributed by atoms with Crippen LogP contribution in [0.4, 0.5) is 0 Å². The van der Waals surface area contributed by atoms with E-state index in [0.717, 1.165) is 33.3 Å². The third-order valence-corrected chi connectivity index (χ3v) is 7.64. The molecule has 3 heterocycles. The third kappa shape index (κ3) is 7.71. The first kappa shape index (κ1) is 30.1. The number of carbonyl (C=O) groups excluding carboxylic acids is 2. The van der Waals surface area contributed by atoms with Gasteiger partial charge in [0.1, 0.15) is 6.04 Å². The molecule has 2 aromatic heterocycles. The summed E-state index contributed by atoms with van der Waals surface area (Å²) >= 11 is 0. The van der Waals surface area contributed by atoms with Gasteiger partial charge in [0, 0.05) is 55.0 Å². The summed E-state index contributed by atoms with van der Waals surface area (Å²) in [6.45, 7) is 3.37. The van der Waals surface area contributed by atoms with Crippen LogP contribution in [0.1, 0.15) is 35.7 Å². The minimum atomic E-state index is -1.07. The van der Waals surface area contributed by atoms with Crippen molar-refractivity contribution in [3.63, 3.8) is 0 Å². The molecule has 0 unspecified atom stereocenters. The van der Waals surface area contributed by atoms with Crippen LogP contribution in [0.3, 0.4) is 0 Å². The Kier molecular flexibility index (Phi) is 9.91. The number of hydrogen-bond acceptors (Lipinski definition) is 7. The number of para-hydroxylation sites is 1. The van der Waals surface area contributed by atoms with E-state index in [4.69, 9.17) is 9.47 Å². The zero-order valence-electron chi connectivity index (χ0n) is 24.6. The van der Waals surface area contributed by atoms with Gasteiger partial charge < -0.3 is 30.2 Å². The molecule has 2 amide bonds. The lowest BCUT2D eigenvalue weighted by atomic mass is 10.0. The van der Waals surface area contributed by atoms with E-state index >= 15 is 0 Å². The normalized spacial score (nSPS) is 18.3. The molecule has 1 aliphatic heterocycles. The number of aliphatic hydroxyl groups is 1. The van der Waals surface area contributed by atoms with E-state index in [1.54, 1.807) is 19.5 Å². The van der Waals surface area contributed by atoms with E-state index in [1.165, 1.54) is 6.92 Å². The maximum absolute atomic E-state index is 13.2. The van der Waals surface area contributed by atoms with Crippen LogP contribution < -0.4 is 20.1 Å². The molecule has 0 spiro atoms. The summed E-state index contributed by atoms with van der Waals surface area (Å²) in [6, 6.07) is 16.8. The number of ether oxygens (including phenoxy) is 2. The van der Waals surface area contributed by atoms with Gasteiger partial charge in [-0.3, -0.25) is 19.5 Å². The van der Waals surface area contributed by atoms with Crippen LogP contribution >= 0.6 is 0 Å². The molecular weight excluding hydrogens is 546 g/mol. The van der Waals surface area contributed by atoms with Gasteiger partial charge in [0.15, 0.2) is 11.5 Å². The van der Waals surface area contributed by atoms with E-state index in [1.807, 2.05) is 53.4 Å². The van der Waals surface area contributed by atoms with Gasteiger partial charge in [-0.1, -0.05) is 30.3 Å². The molecule has 2 bridgehead atoms. The fourth-order valence-electron chi connectivity index (χ4n) is 5.52. The monoisotopic (exact) mass is 585 g/mol. The second kappa shape index (κ2) is 14.2. The standard InChI is InChI=1S/C33H39N5O5/c1-22(39)32-33(41)35-14-12-26-25-8-3-4-9-27(25)36-28(26)17-23-10-11-29(42-2)30(18-23)43-16-6-15-38(21-31(40)37-32)20-24-7-5-13-34-19-24/h3-5,7-11,13,18-19,22,32,36,39H,6,12,14-17,20-21H2,1-2H3,(H,35,41)(H,37,40)/t22-,32+/m1/s1. The number of hydrogen-bond donors (Lipinski definition) is 4. The minimum absolute atomic E-state index is 0.0445. The Morgan fingerprint density at radius 1 is 1.16 bits per heavy atom. The number of fused-ring (bicyclic) bond motifs is 5. The molecule has 10 nitrogen and oxygen atoms in total. The molecule has 0 saturated heterocycles. The molecule has 10 heteroatoms. The van der Waals surface area contributed by atoms with Gasteiger partial charge >= 0.3 is 0 Å². The van der Waals surface area contributed by atoms with Gasteiger partial charge in [0.25, 0.3) is 0 Å². The largest absolute Gasteiger partial charge is 0.493 e. The number of aromatic amines is 1. The number of aliphatic hydroxyl groups excluding tert-OH is 1. The van der Waals surface area contributed by atoms with Crippen LogP contribution in [0, 0.1) is 0 Å². The molecule has 4 N–H and O–H groups in total. The van der Waals surface area contributed by atoms with Gasteiger partial charge in [-0.15, -0.1) is 0 Å². The molecule has 2 aromatic carbocycles. The van der Waals surface area contributed by atoms with Crippen LogP contribution in [0.15, 0.2) is 67.0 Å². The Morgan fingerprint density at radius 3 is 2.81 bits per heavy atom. The van der Waals surface area contributed by atoms with Crippen molar-refractivity contribution in [1.29, 1.82) is 0 Å². The summed E-state index contributed by atoms with van der Waals surface area (Å²) in [4.78, 5) is 36.0. The minimum Gasteiger partial charge on any atom is -0.493 e. The van der Waals surface area contributed by atoms with Crippen LogP contribution in [0.25, 0.3) is 10.9 Å². The van der Waals surface area contributed by atoms with Crippen molar-refractivity contribution in [2.24, 2.45) is 0 Å². The quantitative estimate of drug-likeness (QED) is 0.290. The van der Waals surface area contributed by atoms with E-state index in [2.05, 4.69) is 26.7 Å². The highest BCUT2D eigenvalue weighted by molar-refractivity contribution is 5.89. The maximum Gasteiger partial charge on any atom is 0.245 e. The van der Waals surface area contributed by atoms with E-state index in [-0.39, 0.29) is 12.5 Å². The van der Waals surface area contributed by atoms with Crippen molar-refractivity contribution < 1.29 is 24.2 Å². The Morgan fingerprint density at radius 2 is 2.02 bits per heavy atom. The van der Waals surface area contributed by atoms with Crippen molar-refractivity contribution in [2.45, 2.75) is 44.9 Å². The Bertz CT molecular complexity index is 1540. The van der Waals surface area contributed by atoms with E-state index < -0.39 is 18.1 Å². The smallest absolute Gasteiger partial charge is 0.245 e. The van der Waals surface area contributed by atoms with Crippen molar-refractivity contribution in [2.75, 3.05) is 33.4 Å². The molecule has 0 fully saturated rings. The second-order valence-electron chi connectivity index (χ2n) is 10.9. The molecule has 4 aromatic rings. The highest BCUT2D eigenvalue weighted by atomic mass is 16.5. The lowest BCUT2D eigenvalue weighted by Crippen LogP contribution is -2.54. The number of H-pyrrole nitrogens is 1. The molecule has 2 atom stereocenters. The Labute approximate surface area is 251 Å². The maximum atomic E-state index is 13.2. The summed E-state index contributed by atoms with van der Waals surface area (Å²) in [5, 5.41) is 17.2. The number of benzene rings is 2. The first-order valence-corrected chi connectivity index (χ1v) is 14.7. The third-order valence-electron chi connectivity index (χ3n) is 7.64. The van der Waals surface area contributed by atoms with Crippen molar-refractivity contribution in [3.8, 4) is 11.5 Å². The zero-order valence-corrected chi connectivity index (χ0v) is 24.6. The highest BCUT2D eigenvalue weighted by Crippen LogP contribution is 2.31.